The predicted octanol–water partition coefficient (Wildman–Crippen LogP) is 5.36. The second-order valence-electron chi connectivity index (χ2n) is 9.66. The molecule has 2 aromatic rings. The number of amides is 1. The lowest BCUT2D eigenvalue weighted by Gasteiger charge is -2.36. The van der Waals surface area contributed by atoms with E-state index in [2.05, 4.69) is 11.9 Å². The zero-order valence-corrected chi connectivity index (χ0v) is 23.3. The third-order valence-electron chi connectivity index (χ3n) is 5.89. The van der Waals surface area contributed by atoms with Crippen LogP contribution in [0.1, 0.15) is 45.6 Å². The molecule has 35 heavy (non-hydrogen) atoms. The van der Waals surface area contributed by atoms with Crippen molar-refractivity contribution in [2.75, 3.05) is 10.2 Å². The second-order valence-corrected chi connectivity index (χ2v) is 12.8. The van der Waals surface area contributed by atoms with Gasteiger partial charge in [0.25, 0.3) is 5.56 Å². The first-order valence-electron chi connectivity index (χ1n) is 11.0. The zero-order valence-electron chi connectivity index (χ0n) is 20.3. The summed E-state index contributed by atoms with van der Waals surface area (Å²) in [5, 5.41) is 2.91. The highest BCUT2D eigenvalue weighted by atomic mass is 127. The summed E-state index contributed by atoms with van der Waals surface area (Å²) in [6.45, 7) is 10.3. The topological polar surface area (TPSA) is 97.7 Å². The number of aryl methyl sites for hydroxylation is 1. The van der Waals surface area contributed by atoms with Gasteiger partial charge in [-0.1, -0.05) is 6.08 Å². The summed E-state index contributed by atoms with van der Waals surface area (Å²) < 4.78 is 46.5. The first-order valence-corrected chi connectivity index (χ1v) is 13.4. The maximum Gasteiger partial charge on any atom is 0.430 e. The average Bonchev–Trinajstić information content (AvgIpc) is 3.51. The van der Waals surface area contributed by atoms with Crippen LogP contribution >= 0.6 is 22.6 Å². The summed E-state index contributed by atoms with van der Waals surface area (Å²) in [6.07, 6.45) is 1.31. The highest BCUT2D eigenvalue weighted by Crippen LogP contribution is 2.48. The van der Waals surface area contributed by atoms with Gasteiger partial charge in [-0.25, -0.2) is 9.18 Å². The second kappa shape index (κ2) is 9.57. The molecule has 1 aliphatic carbocycles. The molecular weight excluding hydrogens is 588 g/mol. The van der Waals surface area contributed by atoms with Crippen LogP contribution in [0.2, 0.25) is 0 Å². The van der Waals surface area contributed by atoms with Crippen LogP contribution in [0.3, 0.4) is 0 Å². The highest BCUT2D eigenvalue weighted by molar-refractivity contribution is 14.1. The number of carbonyl (C=O) groups excluding carboxylic acids is 1. The van der Waals surface area contributed by atoms with E-state index in [1.165, 1.54) is 35.9 Å². The number of aromatic nitrogens is 1. The number of halogens is 2. The van der Waals surface area contributed by atoms with Gasteiger partial charge in [-0.05, 0) is 93.8 Å². The molecule has 3 rings (SSSR count). The van der Waals surface area contributed by atoms with Crippen molar-refractivity contribution in [3.63, 3.8) is 0 Å². The smallest absolute Gasteiger partial charge is 0.337 e. The van der Waals surface area contributed by atoms with Crippen LogP contribution in [0.5, 0.6) is 0 Å². The number of nitrogens with one attached hydrogen (secondary N) is 1. The summed E-state index contributed by atoms with van der Waals surface area (Å²) in [5.74, 6) is -0.444. The Morgan fingerprint density at radius 2 is 1.97 bits per heavy atom. The van der Waals surface area contributed by atoms with Crippen molar-refractivity contribution >= 4 is 56.0 Å². The van der Waals surface area contributed by atoms with Crippen molar-refractivity contribution < 1.29 is 21.8 Å². The zero-order chi connectivity index (χ0) is 26.3. The van der Waals surface area contributed by atoms with Gasteiger partial charge in [0.2, 0.25) is 0 Å². The van der Waals surface area contributed by atoms with Crippen molar-refractivity contribution in [3.05, 3.63) is 62.2 Å². The molecule has 1 aliphatic rings. The van der Waals surface area contributed by atoms with E-state index in [0.717, 1.165) is 4.90 Å². The normalized spacial score (nSPS) is 14.8. The molecule has 1 saturated carbocycles. The lowest BCUT2D eigenvalue weighted by atomic mass is 10.0. The van der Waals surface area contributed by atoms with Crippen LogP contribution in [-0.2, 0) is 21.3 Å². The van der Waals surface area contributed by atoms with Gasteiger partial charge in [0, 0.05) is 21.7 Å². The van der Waals surface area contributed by atoms with E-state index in [-0.39, 0.29) is 29.2 Å². The van der Waals surface area contributed by atoms with Gasteiger partial charge in [-0.2, -0.15) is 8.42 Å². The lowest BCUT2D eigenvalue weighted by Crippen LogP contribution is -2.48. The number of hydrogen-bond acceptors (Lipinski definition) is 6. The molecule has 0 radical (unpaired) electrons. The molecule has 1 amide bonds. The van der Waals surface area contributed by atoms with Gasteiger partial charge in [0.05, 0.1) is 11.4 Å². The molecular formula is C24H29FIN3O5S. The highest BCUT2D eigenvalue weighted by Gasteiger charge is 2.56. The molecule has 0 aliphatic heterocycles. The first-order chi connectivity index (χ1) is 16.1. The van der Waals surface area contributed by atoms with Crippen LogP contribution in [-0.4, -0.2) is 29.4 Å². The minimum atomic E-state index is -4.25. The van der Waals surface area contributed by atoms with Gasteiger partial charge in [-0.15, -0.1) is 6.58 Å². The van der Waals surface area contributed by atoms with Gasteiger partial charge in [0.15, 0.2) is 0 Å². The van der Waals surface area contributed by atoms with Gasteiger partial charge < -0.3 is 9.50 Å². The van der Waals surface area contributed by atoms with Crippen molar-refractivity contribution in [2.45, 2.75) is 57.2 Å². The molecule has 0 unspecified atom stereocenters. The number of hydrogen-bond donors (Lipinski definition) is 1. The maximum atomic E-state index is 14.7. The fourth-order valence-corrected chi connectivity index (χ4v) is 5.64. The molecule has 1 aromatic carbocycles. The van der Waals surface area contributed by atoms with E-state index < -0.39 is 32.3 Å². The van der Waals surface area contributed by atoms with E-state index in [1.54, 1.807) is 33.8 Å². The molecule has 1 heterocycles. The molecule has 190 valence electrons. The molecule has 8 nitrogen and oxygen atoms in total. The minimum Gasteiger partial charge on any atom is -0.337 e. The number of rotatable bonds is 7. The minimum absolute atomic E-state index is 0.0864. The Morgan fingerprint density at radius 3 is 2.49 bits per heavy atom. The SMILES string of the molecule is C=CCC1(S(=O)(=O)OC(=O)N(c2cc(C)c(=O)n(C)c2Nc2ccc(I)cc2F)C(C)(C)C)CC1. The molecule has 1 fully saturated rings. The van der Waals surface area contributed by atoms with E-state index >= 15 is 0 Å². The van der Waals surface area contributed by atoms with Gasteiger partial charge in [-0.3, -0.25) is 14.3 Å². The summed E-state index contributed by atoms with van der Waals surface area (Å²) in [6, 6.07) is 5.99. The third-order valence-corrected chi connectivity index (χ3v) is 8.56. The fourth-order valence-electron chi connectivity index (χ4n) is 3.82. The third kappa shape index (κ3) is 5.40. The first kappa shape index (κ1) is 27.2. The summed E-state index contributed by atoms with van der Waals surface area (Å²) >= 11 is 1.98. The summed E-state index contributed by atoms with van der Waals surface area (Å²) in [7, 11) is -2.76. The van der Waals surface area contributed by atoms with Crippen LogP contribution < -0.4 is 15.8 Å². The number of pyridine rings is 1. The monoisotopic (exact) mass is 617 g/mol. The summed E-state index contributed by atoms with van der Waals surface area (Å²) in [5.41, 5.74) is -0.759. The standard InChI is InChI=1S/C24H29FIN3O5S/c1-7-10-24(11-12-24)35(32,33)34-22(31)29(23(3,4)5)19-13-15(2)21(30)28(6)20(19)27-18-9-8-16(26)14-17(18)25/h7-9,13-14,27H,1,10-12H2,2-6H3. The van der Waals surface area contributed by atoms with Crippen LogP contribution in [0.4, 0.5) is 26.4 Å². The Balaban J connectivity index is 2.13. The van der Waals surface area contributed by atoms with Crippen molar-refractivity contribution in [3.8, 4) is 0 Å². The predicted molar refractivity (Wildman–Crippen MR) is 143 cm³/mol. The molecule has 0 atom stereocenters. The van der Waals surface area contributed by atoms with E-state index in [9.17, 15) is 22.4 Å². The van der Waals surface area contributed by atoms with Gasteiger partial charge >= 0.3 is 16.2 Å². The van der Waals surface area contributed by atoms with Crippen molar-refractivity contribution in [1.82, 2.24) is 4.57 Å². The molecule has 1 aromatic heterocycles. The summed E-state index contributed by atoms with van der Waals surface area (Å²) in [4.78, 5) is 27.3. The fraction of sp³-hybridized carbons (Fsp3) is 0.417. The van der Waals surface area contributed by atoms with Gasteiger partial charge in [0.1, 0.15) is 16.4 Å². The van der Waals surface area contributed by atoms with E-state index in [1.807, 2.05) is 22.6 Å². The van der Waals surface area contributed by atoms with Crippen LogP contribution in [0.15, 0.2) is 41.7 Å². The number of benzene rings is 1. The number of allylic oxidation sites excluding steroid dienone is 1. The van der Waals surface area contributed by atoms with Crippen LogP contribution in [0, 0.1) is 16.3 Å². The molecule has 0 saturated heterocycles. The Morgan fingerprint density at radius 1 is 1.34 bits per heavy atom. The van der Waals surface area contributed by atoms with E-state index in [0.29, 0.717) is 22.0 Å². The Kier molecular flexibility index (Phi) is 7.43. The maximum absolute atomic E-state index is 14.7. The van der Waals surface area contributed by atoms with E-state index in [4.69, 9.17) is 4.18 Å². The molecule has 11 heteroatoms. The lowest BCUT2D eigenvalue weighted by molar-refractivity contribution is 0.202. The van der Waals surface area contributed by atoms with Crippen molar-refractivity contribution in [1.29, 1.82) is 0 Å². The molecule has 1 N–H and O–H groups in total. The Labute approximate surface area is 218 Å². The molecule has 0 spiro atoms. The average molecular weight is 617 g/mol. The Hall–Kier alpha value is -2.41. The largest absolute Gasteiger partial charge is 0.430 e. The number of carbonyl (C=O) groups is 1. The quantitative estimate of drug-likeness (QED) is 0.255. The number of anilines is 3. The van der Waals surface area contributed by atoms with Crippen molar-refractivity contribution in [2.24, 2.45) is 7.05 Å². The Bertz CT molecular complexity index is 1340. The molecule has 0 bridgehead atoms. The van der Waals surface area contributed by atoms with Crippen LogP contribution in [0.25, 0.3) is 0 Å². The number of nitrogens with zero attached hydrogens (tertiary/aromatic N) is 2.